The number of hydrogen-bond acceptors (Lipinski definition) is 7. The zero-order valence-electron chi connectivity index (χ0n) is 11.9. The van der Waals surface area contributed by atoms with Gasteiger partial charge in [0.15, 0.2) is 0 Å². The highest BCUT2D eigenvalue weighted by molar-refractivity contribution is 9.10. The number of nitrogens with zero attached hydrogens (tertiary/aromatic N) is 2. The van der Waals surface area contributed by atoms with Gasteiger partial charge in [-0.1, -0.05) is 15.9 Å². The van der Waals surface area contributed by atoms with Gasteiger partial charge in [0.25, 0.3) is 10.0 Å². The molecule has 0 amide bonds. The third-order valence-electron chi connectivity index (χ3n) is 2.94. The highest BCUT2D eigenvalue weighted by Crippen LogP contribution is 2.23. The van der Waals surface area contributed by atoms with Gasteiger partial charge in [0, 0.05) is 10.5 Å². The molecule has 3 aromatic rings. The largest absolute Gasteiger partial charge is 0.457 e. The molecule has 1 aromatic carbocycles. The minimum Gasteiger partial charge on any atom is -0.457 e. The Balaban J connectivity index is 1.91. The summed E-state index contributed by atoms with van der Waals surface area (Å²) in [7, 11) is -4.01. The predicted octanol–water partition coefficient (Wildman–Crippen LogP) is 2.28. The SMILES string of the molecule is Nc1cc(OC(=O)c2ccco2)nn1S(=O)(=O)c1ccc(Br)cc1. The summed E-state index contributed by atoms with van der Waals surface area (Å²) in [5.41, 5.74) is 5.69. The van der Waals surface area contributed by atoms with Crippen molar-refractivity contribution in [2.24, 2.45) is 0 Å². The minimum absolute atomic E-state index is 0.00980. The number of furan rings is 1. The van der Waals surface area contributed by atoms with Crippen LogP contribution >= 0.6 is 15.9 Å². The maximum Gasteiger partial charge on any atom is 0.380 e. The molecular weight excluding hydrogens is 402 g/mol. The lowest BCUT2D eigenvalue weighted by molar-refractivity contribution is 0.0693. The molecule has 2 N–H and O–H groups in total. The van der Waals surface area contributed by atoms with E-state index in [2.05, 4.69) is 21.0 Å². The molecule has 8 nitrogen and oxygen atoms in total. The number of anilines is 1. The Bertz CT molecular complexity index is 978. The van der Waals surface area contributed by atoms with Crippen LogP contribution in [0.2, 0.25) is 0 Å². The number of hydrogen-bond donors (Lipinski definition) is 1. The topological polar surface area (TPSA) is 117 Å². The van der Waals surface area contributed by atoms with Crippen molar-refractivity contribution in [3.8, 4) is 5.88 Å². The lowest BCUT2D eigenvalue weighted by Gasteiger charge is -2.05. The number of esters is 1. The molecule has 0 spiro atoms. The number of nitrogens with two attached hydrogens (primary N) is 1. The van der Waals surface area contributed by atoms with Gasteiger partial charge in [-0.2, -0.15) is 8.42 Å². The summed E-state index contributed by atoms with van der Waals surface area (Å²) >= 11 is 3.22. The van der Waals surface area contributed by atoms with Crippen molar-refractivity contribution < 1.29 is 22.4 Å². The Labute approximate surface area is 145 Å². The zero-order valence-corrected chi connectivity index (χ0v) is 14.3. The third kappa shape index (κ3) is 3.05. The molecule has 0 unspecified atom stereocenters. The maximum atomic E-state index is 12.5. The first-order valence-electron chi connectivity index (χ1n) is 6.50. The molecule has 2 heterocycles. The molecule has 2 aromatic heterocycles. The molecule has 0 radical (unpaired) electrons. The van der Waals surface area contributed by atoms with Crippen LogP contribution in [0.1, 0.15) is 10.6 Å². The van der Waals surface area contributed by atoms with Crippen molar-refractivity contribution in [2.45, 2.75) is 4.90 Å². The number of halogens is 1. The van der Waals surface area contributed by atoms with Crippen LogP contribution < -0.4 is 10.5 Å². The second-order valence-corrected chi connectivity index (χ2v) is 7.26. The average Bonchev–Trinajstić information content (AvgIpc) is 3.17. The van der Waals surface area contributed by atoms with E-state index in [1.54, 1.807) is 12.1 Å². The van der Waals surface area contributed by atoms with Gasteiger partial charge in [-0.3, -0.25) is 0 Å². The number of ether oxygens (including phenoxy) is 1. The molecule has 0 saturated heterocycles. The summed E-state index contributed by atoms with van der Waals surface area (Å²) in [6.45, 7) is 0. The summed E-state index contributed by atoms with van der Waals surface area (Å²) in [6.07, 6.45) is 1.31. The fourth-order valence-electron chi connectivity index (χ4n) is 1.85. The van der Waals surface area contributed by atoms with E-state index >= 15 is 0 Å². The highest BCUT2D eigenvalue weighted by atomic mass is 79.9. The van der Waals surface area contributed by atoms with Gasteiger partial charge in [0.2, 0.25) is 11.6 Å². The number of benzene rings is 1. The first-order valence-corrected chi connectivity index (χ1v) is 8.73. The number of nitrogen functional groups attached to an aromatic ring is 1. The van der Waals surface area contributed by atoms with Gasteiger partial charge in [-0.05, 0) is 36.4 Å². The van der Waals surface area contributed by atoms with E-state index < -0.39 is 16.0 Å². The second kappa shape index (κ2) is 6.13. The van der Waals surface area contributed by atoms with Gasteiger partial charge >= 0.3 is 5.97 Å². The Hall–Kier alpha value is -2.59. The standard InChI is InChI=1S/C14H10BrN3O5S/c15-9-3-5-10(6-4-9)24(20,21)18-12(16)8-13(17-18)23-14(19)11-2-1-7-22-11/h1-8H,16H2. The van der Waals surface area contributed by atoms with Gasteiger partial charge in [-0.15, -0.1) is 9.19 Å². The van der Waals surface area contributed by atoms with Crippen molar-refractivity contribution >= 4 is 37.7 Å². The number of rotatable bonds is 4. The second-order valence-electron chi connectivity index (χ2n) is 4.58. The van der Waals surface area contributed by atoms with Crippen LogP contribution in [0.3, 0.4) is 0 Å². The number of carbonyl (C=O) groups excluding carboxylic acids is 1. The van der Waals surface area contributed by atoms with Crippen LogP contribution in [-0.4, -0.2) is 23.6 Å². The lowest BCUT2D eigenvalue weighted by atomic mass is 10.4. The first-order chi connectivity index (χ1) is 11.4. The van der Waals surface area contributed by atoms with E-state index in [4.69, 9.17) is 14.9 Å². The molecule has 24 heavy (non-hydrogen) atoms. The third-order valence-corrected chi connectivity index (χ3v) is 5.08. The smallest absolute Gasteiger partial charge is 0.380 e. The van der Waals surface area contributed by atoms with Gasteiger partial charge in [0.1, 0.15) is 5.82 Å². The number of aromatic nitrogens is 2. The molecule has 0 saturated carbocycles. The van der Waals surface area contributed by atoms with Crippen molar-refractivity contribution in [3.05, 3.63) is 59.0 Å². The van der Waals surface area contributed by atoms with E-state index in [0.717, 1.165) is 10.5 Å². The van der Waals surface area contributed by atoms with Gasteiger partial charge < -0.3 is 14.9 Å². The Kier molecular flexibility index (Phi) is 4.16. The summed E-state index contributed by atoms with van der Waals surface area (Å²) in [5, 5.41) is 3.74. The van der Waals surface area contributed by atoms with Crippen molar-refractivity contribution in [1.82, 2.24) is 9.19 Å². The molecule has 0 aliphatic rings. The fourth-order valence-corrected chi connectivity index (χ4v) is 3.31. The molecule has 124 valence electrons. The predicted molar refractivity (Wildman–Crippen MR) is 87.0 cm³/mol. The highest BCUT2D eigenvalue weighted by Gasteiger charge is 2.23. The monoisotopic (exact) mass is 411 g/mol. The maximum absolute atomic E-state index is 12.5. The molecule has 10 heteroatoms. The zero-order chi connectivity index (χ0) is 17.3. The Morgan fingerprint density at radius 2 is 1.96 bits per heavy atom. The quantitative estimate of drug-likeness (QED) is 0.654. The fraction of sp³-hybridized carbons (Fsp3) is 0. The molecule has 0 atom stereocenters. The van der Waals surface area contributed by atoms with E-state index in [-0.39, 0.29) is 22.4 Å². The lowest BCUT2D eigenvalue weighted by Crippen LogP contribution is -2.17. The summed E-state index contributed by atoms with van der Waals surface area (Å²) in [6, 6.07) is 10.00. The van der Waals surface area contributed by atoms with Gasteiger partial charge in [-0.25, -0.2) is 4.79 Å². The minimum atomic E-state index is -4.01. The van der Waals surface area contributed by atoms with E-state index in [1.165, 1.54) is 30.5 Å². The number of carbonyl (C=O) groups is 1. The van der Waals surface area contributed by atoms with Crippen LogP contribution in [0.25, 0.3) is 0 Å². The van der Waals surface area contributed by atoms with Crippen molar-refractivity contribution in [2.75, 3.05) is 5.73 Å². The molecule has 0 aliphatic heterocycles. The van der Waals surface area contributed by atoms with Crippen molar-refractivity contribution in [1.29, 1.82) is 0 Å². The van der Waals surface area contributed by atoms with E-state index in [9.17, 15) is 13.2 Å². The van der Waals surface area contributed by atoms with E-state index in [0.29, 0.717) is 4.09 Å². The molecule has 3 rings (SSSR count). The van der Waals surface area contributed by atoms with Gasteiger partial charge in [0.05, 0.1) is 11.2 Å². The summed E-state index contributed by atoms with van der Waals surface area (Å²) in [5.74, 6) is -1.31. The Morgan fingerprint density at radius 3 is 2.58 bits per heavy atom. The van der Waals surface area contributed by atoms with Crippen molar-refractivity contribution in [3.63, 3.8) is 0 Å². The summed E-state index contributed by atoms with van der Waals surface area (Å²) < 4.78 is 36.2. The van der Waals surface area contributed by atoms with Crippen LogP contribution in [0, 0.1) is 0 Å². The van der Waals surface area contributed by atoms with Crippen LogP contribution in [0.5, 0.6) is 5.88 Å². The molecule has 0 bridgehead atoms. The molecule has 0 aliphatic carbocycles. The molecular formula is C14H10BrN3O5S. The molecule has 0 fully saturated rings. The first kappa shape index (κ1) is 16.3. The average molecular weight is 412 g/mol. The van der Waals surface area contributed by atoms with E-state index in [1.807, 2.05) is 0 Å². The van der Waals surface area contributed by atoms with Crippen LogP contribution in [0.15, 0.2) is 62.5 Å². The Morgan fingerprint density at radius 1 is 1.25 bits per heavy atom. The van der Waals surface area contributed by atoms with Crippen LogP contribution in [0.4, 0.5) is 5.82 Å². The normalized spacial score (nSPS) is 11.4. The summed E-state index contributed by atoms with van der Waals surface area (Å²) in [4.78, 5) is 11.8. The van der Waals surface area contributed by atoms with Crippen LogP contribution in [-0.2, 0) is 10.0 Å².